The van der Waals surface area contributed by atoms with Gasteiger partial charge in [-0.15, -0.1) is 0 Å². The van der Waals surface area contributed by atoms with Gasteiger partial charge in [0.25, 0.3) is 0 Å². The Morgan fingerprint density at radius 2 is 2.00 bits per heavy atom. The molecule has 1 spiro atoms. The third-order valence-electron chi connectivity index (χ3n) is 7.12. The smallest absolute Gasteiger partial charge is 0.234 e. The fourth-order valence-corrected chi connectivity index (χ4v) is 5.67. The number of carbonyl (C=O) groups is 1. The molecule has 2 N–H and O–H groups in total. The monoisotopic (exact) mass is 391 g/mol. The molecule has 3 atom stereocenters. The maximum absolute atomic E-state index is 12.0. The summed E-state index contributed by atoms with van der Waals surface area (Å²) >= 11 is 0. The van der Waals surface area contributed by atoms with E-state index in [1.165, 1.54) is 25.7 Å². The summed E-state index contributed by atoms with van der Waals surface area (Å²) in [7, 11) is 0. The summed E-state index contributed by atoms with van der Waals surface area (Å²) in [6.45, 7) is 12.0. The van der Waals surface area contributed by atoms with E-state index in [4.69, 9.17) is 9.73 Å². The van der Waals surface area contributed by atoms with Crippen molar-refractivity contribution in [2.75, 3.05) is 45.9 Å². The number of amides is 1. The Hall–Kier alpha value is -1.34. The van der Waals surface area contributed by atoms with Crippen molar-refractivity contribution in [3.63, 3.8) is 0 Å². The molecule has 0 bridgehead atoms. The second-order valence-electron chi connectivity index (χ2n) is 9.24. The molecular formula is C21H37N5O2. The number of hydrogen-bond donors (Lipinski definition) is 2. The summed E-state index contributed by atoms with van der Waals surface area (Å²) < 4.78 is 6.07. The molecule has 28 heavy (non-hydrogen) atoms. The van der Waals surface area contributed by atoms with Gasteiger partial charge in [-0.05, 0) is 40.0 Å². The molecule has 2 saturated carbocycles. The number of ether oxygens (including phenoxy) is 1. The molecule has 0 radical (unpaired) electrons. The molecule has 0 aromatic heterocycles. The lowest BCUT2D eigenvalue weighted by atomic mass is 9.46. The van der Waals surface area contributed by atoms with Crippen LogP contribution in [0.5, 0.6) is 0 Å². The van der Waals surface area contributed by atoms with Crippen molar-refractivity contribution in [3.05, 3.63) is 0 Å². The molecule has 4 aliphatic rings. The SMILES string of the molecule is CCN=C(NC1C2CCOC2C12CCC2)N1CCN(CC(=O)NC(C)C)CC1. The topological polar surface area (TPSA) is 69.2 Å². The minimum absolute atomic E-state index is 0.123. The van der Waals surface area contributed by atoms with Crippen molar-refractivity contribution in [1.82, 2.24) is 20.4 Å². The van der Waals surface area contributed by atoms with Gasteiger partial charge in [0.15, 0.2) is 5.96 Å². The maximum Gasteiger partial charge on any atom is 0.234 e. The van der Waals surface area contributed by atoms with E-state index in [9.17, 15) is 4.79 Å². The van der Waals surface area contributed by atoms with Crippen molar-refractivity contribution < 1.29 is 9.53 Å². The lowest BCUT2D eigenvalue weighted by molar-refractivity contribution is -0.171. The number of nitrogens with zero attached hydrogens (tertiary/aromatic N) is 3. The van der Waals surface area contributed by atoms with Crippen LogP contribution in [0.25, 0.3) is 0 Å². The molecule has 2 heterocycles. The summed E-state index contributed by atoms with van der Waals surface area (Å²) in [5.74, 6) is 1.84. The van der Waals surface area contributed by atoms with Crippen LogP contribution in [0.1, 0.15) is 46.5 Å². The summed E-state index contributed by atoms with van der Waals surface area (Å²) in [6, 6.07) is 0.722. The number of nitrogens with one attached hydrogen (secondary N) is 2. The summed E-state index contributed by atoms with van der Waals surface area (Å²) in [5.41, 5.74) is 0.367. The Morgan fingerprint density at radius 1 is 1.25 bits per heavy atom. The van der Waals surface area contributed by atoms with Gasteiger partial charge in [-0.3, -0.25) is 14.7 Å². The first kappa shape index (κ1) is 20.0. The summed E-state index contributed by atoms with van der Waals surface area (Å²) in [4.78, 5) is 21.5. The predicted octanol–water partition coefficient (Wildman–Crippen LogP) is 1.05. The van der Waals surface area contributed by atoms with E-state index >= 15 is 0 Å². The molecule has 0 aromatic rings. The average Bonchev–Trinajstić information content (AvgIpc) is 3.02. The zero-order valence-electron chi connectivity index (χ0n) is 17.7. The van der Waals surface area contributed by atoms with Crippen LogP contribution in [-0.4, -0.2) is 85.7 Å². The van der Waals surface area contributed by atoms with Crippen molar-refractivity contribution in [2.45, 2.75) is 64.6 Å². The number of carbonyl (C=O) groups excluding carboxylic acids is 1. The fraction of sp³-hybridized carbons (Fsp3) is 0.905. The Bertz CT molecular complexity index is 596. The summed E-state index contributed by atoms with van der Waals surface area (Å²) in [6.07, 6.45) is 5.59. The average molecular weight is 392 g/mol. The van der Waals surface area contributed by atoms with Crippen LogP contribution in [-0.2, 0) is 9.53 Å². The number of fused-ring (bicyclic) bond motifs is 2. The van der Waals surface area contributed by atoms with E-state index in [0.717, 1.165) is 45.3 Å². The highest BCUT2D eigenvalue weighted by Gasteiger charge is 2.66. The largest absolute Gasteiger partial charge is 0.377 e. The van der Waals surface area contributed by atoms with Crippen LogP contribution in [0.4, 0.5) is 0 Å². The zero-order valence-corrected chi connectivity index (χ0v) is 17.7. The second kappa shape index (κ2) is 8.19. The Balaban J connectivity index is 1.32. The minimum atomic E-state index is 0.123. The number of hydrogen-bond acceptors (Lipinski definition) is 4. The van der Waals surface area contributed by atoms with Crippen molar-refractivity contribution >= 4 is 11.9 Å². The Kier molecular flexibility index (Phi) is 5.83. The zero-order chi connectivity index (χ0) is 19.7. The lowest BCUT2D eigenvalue weighted by Gasteiger charge is -2.63. The Morgan fingerprint density at radius 3 is 2.61 bits per heavy atom. The third kappa shape index (κ3) is 3.63. The minimum Gasteiger partial charge on any atom is -0.377 e. The first-order chi connectivity index (χ1) is 13.5. The quantitative estimate of drug-likeness (QED) is 0.542. The van der Waals surface area contributed by atoms with Crippen molar-refractivity contribution in [2.24, 2.45) is 16.3 Å². The van der Waals surface area contributed by atoms with E-state index in [0.29, 0.717) is 30.0 Å². The van der Waals surface area contributed by atoms with Crippen LogP contribution < -0.4 is 10.6 Å². The molecule has 7 heteroatoms. The predicted molar refractivity (Wildman–Crippen MR) is 110 cm³/mol. The molecule has 3 unspecified atom stereocenters. The normalized spacial score (nSPS) is 32.1. The van der Waals surface area contributed by atoms with Gasteiger partial charge in [0.2, 0.25) is 5.91 Å². The highest BCUT2D eigenvalue weighted by atomic mass is 16.5. The number of guanidine groups is 1. The molecule has 158 valence electrons. The molecule has 0 aromatic carbocycles. The third-order valence-corrected chi connectivity index (χ3v) is 7.12. The molecule has 2 aliphatic carbocycles. The molecule has 4 rings (SSSR count). The van der Waals surface area contributed by atoms with Gasteiger partial charge in [-0.1, -0.05) is 6.42 Å². The van der Waals surface area contributed by atoms with Crippen LogP contribution in [0.2, 0.25) is 0 Å². The van der Waals surface area contributed by atoms with Crippen LogP contribution >= 0.6 is 0 Å². The van der Waals surface area contributed by atoms with Gasteiger partial charge in [0.05, 0.1) is 12.6 Å². The van der Waals surface area contributed by atoms with Gasteiger partial charge >= 0.3 is 0 Å². The highest BCUT2D eigenvalue weighted by Crippen LogP contribution is 2.62. The second-order valence-corrected chi connectivity index (χ2v) is 9.24. The molecule has 4 fully saturated rings. The van der Waals surface area contributed by atoms with Gasteiger partial charge in [-0.2, -0.15) is 0 Å². The fourth-order valence-electron chi connectivity index (χ4n) is 5.67. The van der Waals surface area contributed by atoms with E-state index in [1.54, 1.807) is 0 Å². The lowest BCUT2D eigenvalue weighted by Crippen LogP contribution is -2.73. The van der Waals surface area contributed by atoms with Crippen LogP contribution in [0, 0.1) is 11.3 Å². The van der Waals surface area contributed by atoms with Gasteiger partial charge in [-0.25, -0.2) is 0 Å². The number of piperazine rings is 1. The van der Waals surface area contributed by atoms with Gasteiger partial charge < -0.3 is 20.3 Å². The Labute approximate surface area is 169 Å². The van der Waals surface area contributed by atoms with Crippen LogP contribution in [0.15, 0.2) is 4.99 Å². The standard InChI is InChI=1S/C21H37N5O2/c1-4-22-20(24-18-16-6-13-28-19(16)21(18)7-5-8-21)26-11-9-25(10-12-26)14-17(27)23-15(2)3/h15-16,18-19H,4-14H2,1-3H3,(H,22,24)(H,23,27). The van der Waals surface area contributed by atoms with Crippen molar-refractivity contribution in [3.8, 4) is 0 Å². The molecule has 2 saturated heterocycles. The van der Waals surface area contributed by atoms with E-state index in [1.807, 2.05) is 13.8 Å². The molecular weight excluding hydrogens is 354 g/mol. The first-order valence-electron chi connectivity index (χ1n) is 11.2. The van der Waals surface area contributed by atoms with Gasteiger partial charge in [0, 0.05) is 62.7 Å². The number of rotatable bonds is 5. The van der Waals surface area contributed by atoms with E-state index in [2.05, 4.69) is 27.4 Å². The van der Waals surface area contributed by atoms with E-state index < -0.39 is 0 Å². The first-order valence-corrected chi connectivity index (χ1v) is 11.2. The van der Waals surface area contributed by atoms with Gasteiger partial charge in [0.1, 0.15) is 0 Å². The summed E-state index contributed by atoms with van der Waals surface area (Å²) in [5, 5.41) is 6.85. The number of aliphatic imine (C=N–C) groups is 1. The highest BCUT2D eigenvalue weighted by molar-refractivity contribution is 5.81. The molecule has 7 nitrogen and oxygen atoms in total. The molecule has 2 aliphatic heterocycles. The van der Waals surface area contributed by atoms with Crippen LogP contribution in [0.3, 0.4) is 0 Å². The molecule has 1 amide bonds. The maximum atomic E-state index is 12.0. The van der Waals surface area contributed by atoms with E-state index in [-0.39, 0.29) is 11.9 Å². The van der Waals surface area contributed by atoms with Crippen molar-refractivity contribution in [1.29, 1.82) is 0 Å².